The molecule has 0 unspecified atom stereocenters. The average Bonchev–Trinajstić information content (AvgIpc) is 3.17. The van der Waals surface area contributed by atoms with Crippen LogP contribution in [0.15, 0.2) is 35.1 Å². The molecular weight excluding hydrogens is 352 g/mol. The zero-order valence-corrected chi connectivity index (χ0v) is 14.2. The monoisotopic (exact) mass is 364 g/mol. The highest BCUT2D eigenvalue weighted by molar-refractivity contribution is 7.99. The Labute approximate surface area is 146 Å². The average molecular weight is 365 g/mol. The summed E-state index contributed by atoms with van der Waals surface area (Å²) in [6.07, 6.45) is 3.30. The van der Waals surface area contributed by atoms with E-state index in [2.05, 4.69) is 25.5 Å². The Morgan fingerprint density at radius 3 is 3.08 bits per heavy atom. The lowest BCUT2D eigenvalue weighted by molar-refractivity contribution is -0.113. The molecule has 3 heterocycles. The summed E-state index contributed by atoms with van der Waals surface area (Å²) in [6, 6.07) is 5.14. The van der Waals surface area contributed by atoms with Crippen LogP contribution in [0.25, 0.3) is 5.82 Å². The van der Waals surface area contributed by atoms with Gasteiger partial charge in [0.05, 0.1) is 16.5 Å². The van der Waals surface area contributed by atoms with Crippen molar-refractivity contribution < 1.29 is 9.32 Å². The summed E-state index contributed by atoms with van der Waals surface area (Å²) in [5, 5.41) is 11.2. The van der Waals surface area contributed by atoms with Crippen LogP contribution in [-0.4, -0.2) is 36.6 Å². The number of carbonyl (C=O) groups excluding carboxylic acids is 1. The number of halogens is 1. The quantitative estimate of drug-likeness (QED) is 0.717. The molecule has 3 rings (SSSR count). The van der Waals surface area contributed by atoms with Gasteiger partial charge in [-0.2, -0.15) is 4.98 Å². The van der Waals surface area contributed by atoms with Gasteiger partial charge in [-0.3, -0.25) is 4.79 Å². The number of thioether (sulfide) groups is 1. The number of nitrogens with one attached hydrogen (secondary N) is 1. The number of amides is 1. The molecule has 0 bridgehead atoms. The number of aromatic nitrogens is 5. The number of hydrogen-bond acceptors (Lipinski definition) is 7. The fourth-order valence-electron chi connectivity index (χ4n) is 1.87. The number of aryl methyl sites for hydroxylation is 1. The van der Waals surface area contributed by atoms with Crippen molar-refractivity contribution in [1.29, 1.82) is 0 Å². The van der Waals surface area contributed by atoms with E-state index in [-0.39, 0.29) is 11.7 Å². The first kappa shape index (κ1) is 16.5. The number of rotatable bonds is 6. The van der Waals surface area contributed by atoms with Gasteiger partial charge in [-0.25, -0.2) is 9.67 Å². The number of pyridine rings is 1. The minimum Gasteiger partial charge on any atom is -0.340 e. The summed E-state index contributed by atoms with van der Waals surface area (Å²) >= 11 is 7.46. The van der Waals surface area contributed by atoms with Gasteiger partial charge in [-0.15, -0.1) is 16.9 Å². The van der Waals surface area contributed by atoms with Crippen molar-refractivity contribution in [3.63, 3.8) is 0 Å². The van der Waals surface area contributed by atoms with Crippen LogP contribution in [0, 0.1) is 6.92 Å². The summed E-state index contributed by atoms with van der Waals surface area (Å²) in [4.78, 5) is 20.2. The fraction of sp³-hybridized carbons (Fsp3) is 0.214. The number of anilines is 1. The van der Waals surface area contributed by atoms with E-state index < -0.39 is 0 Å². The maximum Gasteiger partial charge on any atom is 0.235 e. The van der Waals surface area contributed by atoms with Crippen LogP contribution in [0.1, 0.15) is 11.7 Å². The molecule has 1 N–H and O–H groups in total. The van der Waals surface area contributed by atoms with E-state index in [9.17, 15) is 4.79 Å². The molecular formula is C14H13ClN6O2S. The van der Waals surface area contributed by atoms with Crippen molar-refractivity contribution in [2.45, 2.75) is 12.7 Å². The Hall–Kier alpha value is -2.39. The van der Waals surface area contributed by atoms with Gasteiger partial charge in [0.25, 0.3) is 0 Å². The predicted molar refractivity (Wildman–Crippen MR) is 90.2 cm³/mol. The van der Waals surface area contributed by atoms with E-state index in [1.807, 2.05) is 0 Å². The van der Waals surface area contributed by atoms with Gasteiger partial charge >= 0.3 is 0 Å². The second-order valence-electron chi connectivity index (χ2n) is 4.72. The van der Waals surface area contributed by atoms with Crippen molar-refractivity contribution in [2.24, 2.45) is 0 Å². The first-order valence-electron chi connectivity index (χ1n) is 6.95. The number of hydrogen-bond donors (Lipinski definition) is 1. The molecule has 124 valence electrons. The summed E-state index contributed by atoms with van der Waals surface area (Å²) < 4.78 is 6.37. The maximum absolute atomic E-state index is 11.9. The summed E-state index contributed by atoms with van der Waals surface area (Å²) in [5.41, 5.74) is 0. The summed E-state index contributed by atoms with van der Waals surface area (Å²) in [7, 11) is 0. The van der Waals surface area contributed by atoms with Crippen LogP contribution in [0.5, 0.6) is 0 Å². The Bertz CT molecular complexity index is 849. The molecule has 0 aromatic carbocycles. The lowest BCUT2D eigenvalue weighted by Gasteiger charge is -2.03. The van der Waals surface area contributed by atoms with E-state index in [0.29, 0.717) is 34.1 Å². The second-order valence-corrected chi connectivity index (χ2v) is 6.12. The van der Waals surface area contributed by atoms with Crippen LogP contribution in [0.4, 0.5) is 5.82 Å². The Morgan fingerprint density at radius 1 is 1.46 bits per heavy atom. The van der Waals surface area contributed by atoms with Crippen molar-refractivity contribution in [1.82, 2.24) is 24.9 Å². The van der Waals surface area contributed by atoms with Crippen molar-refractivity contribution >= 4 is 35.1 Å². The van der Waals surface area contributed by atoms with Gasteiger partial charge < -0.3 is 9.84 Å². The van der Waals surface area contributed by atoms with Gasteiger partial charge in [-0.1, -0.05) is 16.8 Å². The highest BCUT2D eigenvalue weighted by atomic mass is 35.5. The van der Waals surface area contributed by atoms with Crippen LogP contribution in [-0.2, 0) is 10.5 Å². The number of carbonyl (C=O) groups is 1. The molecule has 3 aromatic heterocycles. The maximum atomic E-state index is 11.9. The zero-order chi connectivity index (χ0) is 16.9. The molecule has 3 aromatic rings. The predicted octanol–water partition coefficient (Wildman–Crippen LogP) is 2.48. The molecule has 0 saturated heterocycles. The van der Waals surface area contributed by atoms with Gasteiger partial charge in [-0.05, 0) is 12.1 Å². The first-order chi connectivity index (χ1) is 11.6. The number of nitrogens with zero attached hydrogens (tertiary/aromatic N) is 5. The lowest BCUT2D eigenvalue weighted by Crippen LogP contribution is -2.15. The Morgan fingerprint density at radius 2 is 2.33 bits per heavy atom. The van der Waals surface area contributed by atoms with E-state index in [0.717, 1.165) is 0 Å². The van der Waals surface area contributed by atoms with E-state index in [1.54, 1.807) is 37.5 Å². The van der Waals surface area contributed by atoms with Gasteiger partial charge in [0.2, 0.25) is 11.8 Å². The minimum atomic E-state index is -0.169. The Balaban J connectivity index is 1.53. The van der Waals surface area contributed by atoms with E-state index in [4.69, 9.17) is 16.1 Å². The van der Waals surface area contributed by atoms with Crippen LogP contribution in [0.3, 0.4) is 0 Å². The van der Waals surface area contributed by atoms with Crippen molar-refractivity contribution in [3.05, 3.63) is 47.3 Å². The molecule has 0 spiro atoms. The zero-order valence-electron chi connectivity index (χ0n) is 12.6. The fourth-order valence-corrected chi connectivity index (χ4v) is 2.74. The molecule has 0 aliphatic rings. The third-order valence-corrected chi connectivity index (χ3v) is 4.07. The highest BCUT2D eigenvalue weighted by Gasteiger charge is 2.10. The Kier molecular flexibility index (Phi) is 5.11. The molecule has 24 heavy (non-hydrogen) atoms. The molecule has 0 aliphatic heterocycles. The third kappa shape index (κ3) is 4.12. The first-order valence-corrected chi connectivity index (χ1v) is 8.48. The highest BCUT2D eigenvalue weighted by Crippen LogP contribution is 2.17. The van der Waals surface area contributed by atoms with Crippen LogP contribution in [0.2, 0.25) is 5.02 Å². The molecule has 0 radical (unpaired) electrons. The molecule has 0 aliphatic carbocycles. The van der Waals surface area contributed by atoms with Gasteiger partial charge in [0.15, 0.2) is 17.5 Å². The van der Waals surface area contributed by atoms with Crippen molar-refractivity contribution in [3.8, 4) is 5.82 Å². The minimum absolute atomic E-state index is 0.169. The van der Waals surface area contributed by atoms with Gasteiger partial charge in [0.1, 0.15) is 0 Å². The van der Waals surface area contributed by atoms with Crippen LogP contribution < -0.4 is 5.32 Å². The third-order valence-electron chi connectivity index (χ3n) is 2.85. The molecule has 0 saturated carbocycles. The largest absolute Gasteiger partial charge is 0.340 e. The topological polar surface area (TPSA) is 98.7 Å². The SMILES string of the molecule is Cc1nc(CSCC(=O)Nc2ccn(-c3ncccc3Cl)n2)no1. The molecule has 0 fully saturated rings. The van der Waals surface area contributed by atoms with Gasteiger partial charge in [0, 0.05) is 25.4 Å². The van der Waals surface area contributed by atoms with Crippen LogP contribution >= 0.6 is 23.4 Å². The standard InChI is InChI=1S/C14H13ClN6O2S/c1-9-17-12(20-23-9)7-24-8-13(22)18-11-4-6-21(19-11)14-10(15)3-2-5-16-14/h2-6H,7-8H2,1H3,(H,18,19,22). The normalized spacial score (nSPS) is 10.8. The van der Waals surface area contributed by atoms with Crippen molar-refractivity contribution in [2.75, 3.05) is 11.1 Å². The molecule has 8 nitrogen and oxygen atoms in total. The summed E-state index contributed by atoms with van der Waals surface area (Å²) in [6.45, 7) is 1.72. The molecule has 10 heteroatoms. The molecule has 1 amide bonds. The van der Waals surface area contributed by atoms with E-state index >= 15 is 0 Å². The second kappa shape index (κ2) is 7.45. The summed E-state index contributed by atoms with van der Waals surface area (Å²) in [5.74, 6) is 2.60. The van der Waals surface area contributed by atoms with E-state index in [1.165, 1.54) is 16.4 Å². The smallest absolute Gasteiger partial charge is 0.235 e. The molecule has 0 atom stereocenters. The lowest BCUT2D eigenvalue weighted by atomic mass is 10.4.